The van der Waals surface area contributed by atoms with Crippen LogP contribution in [0.25, 0.3) is 0 Å². The van der Waals surface area contributed by atoms with Gasteiger partial charge in [0.25, 0.3) is 3.00 Å². The highest BCUT2D eigenvalue weighted by molar-refractivity contribution is 9.13. The monoisotopic (exact) mass is 446 g/mol. The van der Waals surface area contributed by atoms with E-state index in [1.165, 1.54) is 12.1 Å². The lowest BCUT2D eigenvalue weighted by Crippen LogP contribution is -2.21. The van der Waals surface area contributed by atoms with Crippen LogP contribution in [-0.4, -0.2) is 11.4 Å². The number of halogens is 5. The summed E-state index contributed by atoms with van der Waals surface area (Å²) in [7, 11) is 1.76. The van der Waals surface area contributed by atoms with Gasteiger partial charge in [-0.2, -0.15) is 0 Å². The van der Waals surface area contributed by atoms with Crippen molar-refractivity contribution in [3.63, 3.8) is 0 Å². The maximum atomic E-state index is 11.9. The van der Waals surface area contributed by atoms with Gasteiger partial charge >= 0.3 is 0 Å². The summed E-state index contributed by atoms with van der Waals surface area (Å²) < 4.78 is 23.1. The van der Waals surface area contributed by atoms with Crippen LogP contribution in [-0.2, 0) is 9.84 Å². The second-order valence-electron chi connectivity index (χ2n) is 2.62. The van der Waals surface area contributed by atoms with Crippen molar-refractivity contribution in [1.29, 1.82) is 0 Å². The summed E-state index contributed by atoms with van der Waals surface area (Å²) in [5.74, 6) is 0. The van der Waals surface area contributed by atoms with Crippen molar-refractivity contribution in [2.75, 3.05) is 0 Å². The molecule has 0 amide bonds. The molecule has 0 unspecified atom stereocenters. The third-order valence-electron chi connectivity index (χ3n) is 1.60. The smallest absolute Gasteiger partial charge is 0.220 e. The molecule has 1 aromatic carbocycles. The second-order valence-corrected chi connectivity index (χ2v) is 10.1. The van der Waals surface area contributed by atoms with Crippen LogP contribution in [0.2, 0.25) is 0 Å². The molecule has 0 atom stereocenters. The zero-order valence-electron chi connectivity index (χ0n) is 7.25. The quantitative estimate of drug-likeness (QED) is 0.612. The Morgan fingerprint density at radius 1 is 1.19 bits per heavy atom. The number of hydrogen-bond acceptors (Lipinski definition) is 3. The van der Waals surface area contributed by atoms with Crippen LogP contribution in [0.1, 0.15) is 0 Å². The highest BCUT2D eigenvalue weighted by Gasteiger charge is 2.42. The molecule has 1 rings (SSSR count). The van der Waals surface area contributed by atoms with Gasteiger partial charge in [-0.25, -0.2) is 8.42 Å². The first-order valence-corrected chi connectivity index (χ1v) is 9.06. The van der Waals surface area contributed by atoms with E-state index in [9.17, 15) is 8.42 Å². The van der Waals surface area contributed by atoms with Crippen LogP contribution in [0, 0.1) is 0 Å². The maximum Gasteiger partial charge on any atom is 0.282 e. The third kappa shape index (κ3) is 3.02. The second kappa shape index (κ2) is 5.55. The Bertz CT molecular complexity index is 504. The van der Waals surface area contributed by atoms with Crippen molar-refractivity contribution in [2.24, 2.45) is 0 Å². The summed E-state index contributed by atoms with van der Waals surface area (Å²) in [5.41, 5.74) is 0. The summed E-state index contributed by atoms with van der Waals surface area (Å²) in [6.07, 6.45) is 0. The van der Waals surface area contributed by atoms with Gasteiger partial charge in [-0.3, -0.25) is 0 Å². The molecule has 0 aliphatic heterocycles. The van der Waals surface area contributed by atoms with Crippen molar-refractivity contribution in [3.8, 4) is 0 Å². The first-order valence-electron chi connectivity index (χ1n) is 3.59. The molecule has 0 saturated carbocycles. The Morgan fingerprint density at radius 2 is 1.75 bits per heavy atom. The largest absolute Gasteiger partial charge is 0.282 e. The summed E-state index contributed by atoms with van der Waals surface area (Å²) >= 11 is 17.7. The fourth-order valence-electron chi connectivity index (χ4n) is 0.823. The van der Waals surface area contributed by atoms with Crippen LogP contribution in [0.4, 0.5) is 0 Å². The van der Waals surface area contributed by atoms with Gasteiger partial charge in [0.05, 0.1) is 4.90 Å². The Kier molecular flexibility index (Phi) is 5.34. The lowest BCUT2D eigenvalue weighted by molar-refractivity contribution is 0.597. The molecule has 0 bridgehead atoms. The first-order chi connectivity index (χ1) is 7.22. The minimum Gasteiger partial charge on any atom is -0.220 e. The first kappa shape index (κ1) is 15.4. The molecule has 0 heterocycles. The fraction of sp³-hybridized carbons (Fsp3) is 0.143. The van der Waals surface area contributed by atoms with Gasteiger partial charge in [-0.05, 0) is 60.7 Å². The van der Waals surface area contributed by atoms with E-state index in [-0.39, 0.29) is 4.90 Å². The fourth-order valence-corrected chi connectivity index (χ4v) is 4.30. The molecule has 0 fully saturated rings. The molecular formula is C7H3Br2Cl3O2S2. The topological polar surface area (TPSA) is 34.1 Å². The molecule has 0 radical (unpaired) electrons. The highest BCUT2D eigenvalue weighted by Crippen LogP contribution is 2.46. The molecule has 2 nitrogen and oxygen atoms in total. The van der Waals surface area contributed by atoms with Gasteiger partial charge < -0.3 is 0 Å². The molecule has 16 heavy (non-hydrogen) atoms. The average Bonchev–Trinajstić information content (AvgIpc) is 2.21. The van der Waals surface area contributed by atoms with Crippen LogP contribution in [0.15, 0.2) is 32.0 Å². The number of hydrogen-bond donors (Lipinski definition) is 0. The van der Waals surface area contributed by atoms with Crippen molar-refractivity contribution < 1.29 is 8.42 Å². The van der Waals surface area contributed by atoms with E-state index in [4.69, 9.17) is 33.9 Å². The molecule has 0 aliphatic carbocycles. The third-order valence-corrected chi connectivity index (χ3v) is 9.20. The molecule has 0 saturated heterocycles. The summed E-state index contributed by atoms with van der Waals surface area (Å²) in [6.45, 7) is 0. The van der Waals surface area contributed by atoms with E-state index < -0.39 is 12.8 Å². The highest BCUT2D eigenvalue weighted by atomic mass is 79.9. The molecule has 0 spiro atoms. The van der Waals surface area contributed by atoms with E-state index in [1.54, 1.807) is 6.07 Å². The van der Waals surface area contributed by atoms with Gasteiger partial charge in [0.15, 0.2) is 0 Å². The summed E-state index contributed by atoms with van der Waals surface area (Å²) in [6, 6.07) is 4.35. The number of sulfone groups is 1. The van der Waals surface area contributed by atoms with Gasteiger partial charge in [0, 0.05) is 19.9 Å². The normalized spacial score (nSPS) is 12.8. The molecule has 0 aromatic heterocycles. The van der Waals surface area contributed by atoms with Crippen molar-refractivity contribution in [3.05, 3.63) is 27.1 Å². The standard InChI is InChI=1S/C7H3Br2Cl3O2S2/c8-5-2-1-4(3-6(5)9)16(13,14)7(10,11)15-12/h1-3H. The van der Waals surface area contributed by atoms with Crippen LogP contribution in [0.3, 0.4) is 0 Å². The molecule has 0 aliphatic rings. The minimum absolute atomic E-state index is 0.0132. The lowest BCUT2D eigenvalue weighted by Gasteiger charge is -2.16. The summed E-state index contributed by atoms with van der Waals surface area (Å²) in [5, 5.41) is 0. The molecule has 90 valence electrons. The summed E-state index contributed by atoms with van der Waals surface area (Å²) in [4.78, 5) is -0.0132. The Hall–Kier alpha value is 1.35. The minimum atomic E-state index is -3.92. The number of rotatable bonds is 3. The zero-order valence-corrected chi connectivity index (χ0v) is 14.3. The maximum absolute atomic E-state index is 11.9. The SMILES string of the molecule is O=S(=O)(c1ccc(Br)c(Br)c1)C(Cl)(Cl)SCl. The van der Waals surface area contributed by atoms with Crippen LogP contribution >= 0.6 is 76.7 Å². The number of alkyl halides is 2. The Labute approximate surface area is 129 Å². The van der Waals surface area contributed by atoms with Gasteiger partial charge in [0.1, 0.15) is 0 Å². The van der Waals surface area contributed by atoms with Gasteiger partial charge in [-0.1, -0.05) is 23.2 Å². The van der Waals surface area contributed by atoms with Gasteiger partial charge in [-0.15, -0.1) is 0 Å². The van der Waals surface area contributed by atoms with Gasteiger partial charge in [0.2, 0.25) is 9.84 Å². The van der Waals surface area contributed by atoms with E-state index in [0.29, 0.717) is 15.4 Å². The molecule has 0 N–H and O–H groups in total. The van der Waals surface area contributed by atoms with E-state index in [0.717, 1.165) is 4.47 Å². The van der Waals surface area contributed by atoms with Crippen LogP contribution in [0.5, 0.6) is 0 Å². The van der Waals surface area contributed by atoms with Crippen LogP contribution < -0.4 is 0 Å². The van der Waals surface area contributed by atoms with Crippen molar-refractivity contribution in [1.82, 2.24) is 0 Å². The predicted molar refractivity (Wildman–Crippen MR) is 76.9 cm³/mol. The van der Waals surface area contributed by atoms with Crippen molar-refractivity contribution in [2.45, 2.75) is 7.89 Å². The van der Waals surface area contributed by atoms with E-state index >= 15 is 0 Å². The average molecular weight is 449 g/mol. The van der Waals surface area contributed by atoms with E-state index in [2.05, 4.69) is 31.9 Å². The Balaban J connectivity index is 3.34. The predicted octanol–water partition coefficient (Wildman–Crippen LogP) is 4.96. The van der Waals surface area contributed by atoms with E-state index in [1.807, 2.05) is 0 Å². The molecule has 1 aromatic rings. The molecular weight excluding hydrogens is 446 g/mol. The number of benzene rings is 1. The van der Waals surface area contributed by atoms with Crippen molar-refractivity contribution >= 4 is 86.6 Å². The molecule has 9 heteroatoms. The zero-order chi connectivity index (χ0) is 12.6. The lowest BCUT2D eigenvalue weighted by atomic mass is 10.4. The Morgan fingerprint density at radius 3 is 2.19 bits per heavy atom.